The number of para-hydroxylation sites is 1. The van der Waals surface area contributed by atoms with Gasteiger partial charge in [-0.05, 0) is 25.0 Å². The molecule has 0 aliphatic carbocycles. The number of guanidine groups is 1. The van der Waals surface area contributed by atoms with Crippen LogP contribution in [-0.4, -0.2) is 102 Å². The fraction of sp³-hybridized carbons (Fsp3) is 0.500. The molecular formula is C32H41F2N9O5. The molecule has 3 rings (SSSR count). The molecule has 4 amide bonds. The highest BCUT2D eigenvalue weighted by atomic mass is 19.3. The molecule has 1 aromatic heterocycles. The van der Waals surface area contributed by atoms with E-state index in [-0.39, 0.29) is 41.3 Å². The second kappa shape index (κ2) is 16.6. The van der Waals surface area contributed by atoms with E-state index in [9.17, 15) is 32.8 Å². The zero-order chi connectivity index (χ0) is 35.6. The number of rotatable bonds is 14. The van der Waals surface area contributed by atoms with E-state index in [1.54, 1.807) is 57.1 Å². The molecular weight excluding hydrogens is 628 g/mol. The minimum atomic E-state index is -3.18. The molecule has 0 unspecified atom stereocenters. The summed E-state index contributed by atoms with van der Waals surface area (Å²) >= 11 is 0. The van der Waals surface area contributed by atoms with Crippen molar-refractivity contribution in [2.24, 2.45) is 16.6 Å². The van der Waals surface area contributed by atoms with Crippen LogP contribution in [0, 0.1) is 17.2 Å². The number of aromatic nitrogens is 1. The quantitative estimate of drug-likeness (QED) is 0.131. The largest absolute Gasteiger partial charge is 0.370 e. The Kier molecular flexibility index (Phi) is 12.9. The van der Waals surface area contributed by atoms with Crippen LogP contribution in [0.2, 0.25) is 0 Å². The van der Waals surface area contributed by atoms with E-state index in [4.69, 9.17) is 11.0 Å². The van der Waals surface area contributed by atoms with Crippen molar-refractivity contribution in [1.82, 2.24) is 25.4 Å². The highest BCUT2D eigenvalue weighted by Gasteiger charge is 2.47. The number of anilines is 1. The monoisotopic (exact) mass is 669 g/mol. The number of amides is 4. The van der Waals surface area contributed by atoms with E-state index in [2.05, 4.69) is 25.9 Å². The van der Waals surface area contributed by atoms with Crippen molar-refractivity contribution < 1.29 is 32.8 Å². The molecule has 48 heavy (non-hydrogen) atoms. The number of alkyl halides is 2. The maximum absolute atomic E-state index is 13.7. The van der Waals surface area contributed by atoms with Crippen molar-refractivity contribution in [2.45, 2.75) is 64.0 Å². The number of nitrogens with two attached hydrogens (primary N) is 1. The fourth-order valence-corrected chi connectivity index (χ4v) is 5.05. The maximum atomic E-state index is 13.7. The Balaban J connectivity index is 1.59. The Bertz CT molecular complexity index is 1610. The van der Waals surface area contributed by atoms with Crippen molar-refractivity contribution >= 4 is 52.0 Å². The molecule has 0 bridgehead atoms. The average Bonchev–Trinajstić information content (AvgIpc) is 3.37. The Morgan fingerprint density at radius 3 is 2.54 bits per heavy atom. The van der Waals surface area contributed by atoms with Gasteiger partial charge in [-0.2, -0.15) is 5.26 Å². The Morgan fingerprint density at radius 1 is 1.17 bits per heavy atom. The van der Waals surface area contributed by atoms with Gasteiger partial charge < -0.3 is 31.5 Å². The molecule has 0 spiro atoms. The first kappa shape index (κ1) is 37.3. The third kappa shape index (κ3) is 10.1. The lowest BCUT2D eigenvalue weighted by Gasteiger charge is -2.19. The molecule has 0 saturated carbocycles. The van der Waals surface area contributed by atoms with Gasteiger partial charge in [0.25, 0.3) is 11.8 Å². The Morgan fingerprint density at radius 2 is 1.88 bits per heavy atom. The van der Waals surface area contributed by atoms with Crippen LogP contribution in [0.25, 0.3) is 10.9 Å². The topological polar surface area (TPSA) is 203 Å². The van der Waals surface area contributed by atoms with Crippen LogP contribution in [0.1, 0.15) is 56.3 Å². The minimum Gasteiger partial charge on any atom is -0.370 e. The van der Waals surface area contributed by atoms with E-state index in [0.717, 1.165) is 4.90 Å². The second-order valence-electron chi connectivity index (χ2n) is 12.0. The summed E-state index contributed by atoms with van der Waals surface area (Å²) < 4.78 is 27.5. The molecule has 5 N–H and O–H groups in total. The number of hydrogen-bond acceptors (Lipinski definition) is 8. The van der Waals surface area contributed by atoms with Gasteiger partial charge in [0.15, 0.2) is 11.7 Å². The van der Waals surface area contributed by atoms with Crippen LogP contribution >= 0.6 is 0 Å². The number of halogens is 2. The number of aliphatic imine (C=N–C) groups is 1. The lowest BCUT2D eigenvalue weighted by molar-refractivity contribution is -0.131. The summed E-state index contributed by atoms with van der Waals surface area (Å²) in [6.45, 7) is 2.37. The van der Waals surface area contributed by atoms with Crippen LogP contribution in [0.3, 0.4) is 0 Å². The Hall–Kier alpha value is -5.20. The third-order valence-electron chi connectivity index (χ3n) is 7.64. The van der Waals surface area contributed by atoms with Gasteiger partial charge in [0.05, 0.1) is 42.0 Å². The molecule has 2 atom stereocenters. The number of nitrogens with zero attached hydrogens (tertiary/aromatic N) is 5. The summed E-state index contributed by atoms with van der Waals surface area (Å²) in [6, 6.07) is 5.80. The summed E-state index contributed by atoms with van der Waals surface area (Å²) in [5.41, 5.74) is 6.44. The van der Waals surface area contributed by atoms with Gasteiger partial charge in [-0.1, -0.05) is 26.0 Å². The number of pyridine rings is 1. The molecule has 0 radical (unpaired) electrons. The summed E-state index contributed by atoms with van der Waals surface area (Å²) in [5, 5.41) is 17.3. The first-order valence-electron chi connectivity index (χ1n) is 15.5. The number of fused-ring (bicyclic) bond motifs is 1. The maximum Gasteiger partial charge on any atom is 0.268 e. The van der Waals surface area contributed by atoms with Crippen molar-refractivity contribution in [3.05, 3.63) is 36.0 Å². The van der Waals surface area contributed by atoms with Crippen LogP contribution < -0.4 is 21.7 Å². The number of Topliss-reactive ketones (excluding diaryl/α,β-unsaturated/α-hetero) is 1. The number of carbonyl (C=O) groups excluding carboxylic acids is 5. The van der Waals surface area contributed by atoms with Crippen LogP contribution in [-0.2, 0) is 19.2 Å². The van der Waals surface area contributed by atoms with Crippen molar-refractivity contribution in [1.29, 1.82) is 5.26 Å². The molecule has 1 aliphatic rings. The van der Waals surface area contributed by atoms with E-state index < -0.39 is 61.1 Å². The van der Waals surface area contributed by atoms with E-state index in [1.165, 1.54) is 12.3 Å². The van der Waals surface area contributed by atoms with Crippen molar-refractivity contribution in [3.8, 4) is 6.07 Å². The van der Waals surface area contributed by atoms with Gasteiger partial charge in [0.2, 0.25) is 17.7 Å². The van der Waals surface area contributed by atoms with E-state index >= 15 is 0 Å². The van der Waals surface area contributed by atoms with Crippen LogP contribution in [0.4, 0.5) is 14.5 Å². The van der Waals surface area contributed by atoms with Gasteiger partial charge in [-0.15, -0.1) is 0 Å². The van der Waals surface area contributed by atoms with Gasteiger partial charge in [0.1, 0.15) is 6.04 Å². The molecule has 1 aliphatic heterocycles. The number of benzene rings is 1. The molecule has 258 valence electrons. The number of ketones is 1. The van der Waals surface area contributed by atoms with Gasteiger partial charge in [-0.25, -0.2) is 8.78 Å². The summed E-state index contributed by atoms with van der Waals surface area (Å²) in [5.74, 6) is -5.75. The lowest BCUT2D eigenvalue weighted by Crippen LogP contribution is -2.43. The molecule has 14 nitrogen and oxygen atoms in total. The van der Waals surface area contributed by atoms with Crippen molar-refractivity contribution in [3.63, 3.8) is 0 Å². The minimum absolute atomic E-state index is 0.114. The van der Waals surface area contributed by atoms with Gasteiger partial charge in [-0.3, -0.25) is 33.9 Å². The molecule has 1 fully saturated rings. The highest BCUT2D eigenvalue weighted by molar-refractivity contribution is 6.10. The molecule has 1 saturated heterocycles. The summed E-state index contributed by atoms with van der Waals surface area (Å²) in [7, 11) is 3.53. The zero-order valence-corrected chi connectivity index (χ0v) is 27.4. The predicted octanol–water partition coefficient (Wildman–Crippen LogP) is 1.81. The number of nitrogens with one attached hydrogen (secondary N) is 3. The summed E-state index contributed by atoms with van der Waals surface area (Å²) in [4.78, 5) is 74.7. The first-order chi connectivity index (χ1) is 22.6. The SMILES string of the molecule is CC(C)C(=O)[C@H](CCCN=C(N)N(C)C)NC(=O)CCC(=O)Nc1cccc2c(C(=O)NCC(=O)N3CC(F)(F)C[C@H]3C#N)ccnc12. The molecule has 16 heteroatoms. The number of likely N-dealkylation sites (tertiary alicyclic amines) is 1. The summed E-state index contributed by atoms with van der Waals surface area (Å²) in [6.07, 6.45) is 1.06. The molecule has 2 aromatic rings. The standard InChI is InChI=1S/C32H41F2N9O5/c1-19(2)29(47)24(9-6-13-38-31(36)42(3)4)41-26(45)11-10-25(44)40-23-8-5-7-21-22(12-14-37-28(21)23)30(48)39-17-27(46)43-18-32(33,34)15-20(43)16-35/h5,7-8,12,14,19-20,24H,6,9-11,13,15,17-18H2,1-4H3,(H2,36,38)(H,39,48)(H,40,44)(H,41,45)/t20-,24-/m0/s1. The predicted molar refractivity (Wildman–Crippen MR) is 174 cm³/mol. The average molecular weight is 670 g/mol. The third-order valence-corrected chi connectivity index (χ3v) is 7.64. The first-order valence-corrected chi connectivity index (χ1v) is 15.5. The fourth-order valence-electron chi connectivity index (χ4n) is 5.05. The molecule has 2 heterocycles. The van der Waals surface area contributed by atoms with Crippen LogP contribution in [0.5, 0.6) is 0 Å². The lowest BCUT2D eigenvalue weighted by atomic mass is 9.97. The van der Waals surface area contributed by atoms with E-state index in [1.807, 2.05) is 0 Å². The van der Waals surface area contributed by atoms with E-state index in [0.29, 0.717) is 30.7 Å². The zero-order valence-electron chi connectivity index (χ0n) is 27.4. The number of nitriles is 1. The Labute approximate surface area is 277 Å². The van der Waals surface area contributed by atoms with Gasteiger partial charge in [0, 0.05) is 57.4 Å². The normalized spacial score (nSPS) is 16.2. The van der Waals surface area contributed by atoms with Crippen LogP contribution in [0.15, 0.2) is 35.5 Å². The number of hydrogen-bond donors (Lipinski definition) is 4. The highest BCUT2D eigenvalue weighted by Crippen LogP contribution is 2.31. The van der Waals surface area contributed by atoms with Crippen molar-refractivity contribution in [2.75, 3.05) is 39.0 Å². The smallest absolute Gasteiger partial charge is 0.268 e. The number of carbonyl (C=O) groups is 5. The molecule has 1 aromatic carbocycles. The second-order valence-corrected chi connectivity index (χ2v) is 12.0. The van der Waals surface area contributed by atoms with Gasteiger partial charge >= 0.3 is 0 Å².